The minimum atomic E-state index is 0.749. The van der Waals surface area contributed by atoms with Crippen molar-refractivity contribution in [3.8, 4) is 0 Å². The number of aromatic nitrogens is 2. The molecular weight excluding hydrogens is 308 g/mol. The highest BCUT2D eigenvalue weighted by Gasteiger charge is 2.13. The highest BCUT2D eigenvalue weighted by atomic mass is 15.3. The number of anilines is 1. The van der Waals surface area contributed by atoms with Crippen molar-refractivity contribution in [1.82, 2.24) is 10.2 Å². The number of fused-ring (bicyclic) bond motifs is 1. The van der Waals surface area contributed by atoms with Crippen LogP contribution in [-0.2, 0) is 0 Å². The van der Waals surface area contributed by atoms with E-state index in [9.17, 15) is 0 Å². The zero-order chi connectivity index (χ0) is 17.3. The molecule has 0 atom stereocenters. The Morgan fingerprint density at radius 2 is 2.00 bits per heavy atom. The predicted molar refractivity (Wildman–Crippen MR) is 106 cm³/mol. The van der Waals surface area contributed by atoms with Crippen LogP contribution < -0.4 is 5.43 Å². The van der Waals surface area contributed by atoms with Crippen LogP contribution in [0.15, 0.2) is 35.6 Å². The number of nitrogens with one attached hydrogen (secondary N) is 1. The van der Waals surface area contributed by atoms with Crippen molar-refractivity contribution in [2.45, 2.75) is 71.1 Å². The first-order valence-electron chi connectivity index (χ1n) is 9.88. The van der Waals surface area contributed by atoms with Crippen LogP contribution >= 0.6 is 0 Å². The zero-order valence-corrected chi connectivity index (χ0v) is 15.4. The van der Waals surface area contributed by atoms with Crippen molar-refractivity contribution in [3.05, 3.63) is 30.5 Å². The summed E-state index contributed by atoms with van der Waals surface area (Å²) in [4.78, 5) is 0. The van der Waals surface area contributed by atoms with Gasteiger partial charge in [-0.3, -0.25) is 5.43 Å². The predicted octanol–water partition coefficient (Wildman–Crippen LogP) is 5.95. The molecule has 1 fully saturated rings. The molecule has 3 rings (SSSR count). The van der Waals surface area contributed by atoms with Crippen LogP contribution in [0.1, 0.15) is 71.1 Å². The summed E-state index contributed by atoms with van der Waals surface area (Å²) < 4.78 is 0. The molecule has 1 aromatic carbocycles. The minimum absolute atomic E-state index is 0.749. The maximum absolute atomic E-state index is 4.68. The van der Waals surface area contributed by atoms with E-state index in [0.29, 0.717) is 0 Å². The fourth-order valence-electron chi connectivity index (χ4n) is 3.84. The van der Waals surface area contributed by atoms with Crippen LogP contribution in [0.5, 0.6) is 0 Å². The zero-order valence-electron chi connectivity index (χ0n) is 15.4. The summed E-state index contributed by atoms with van der Waals surface area (Å²) in [7, 11) is 0. The molecule has 0 aliphatic heterocycles. The van der Waals surface area contributed by atoms with Crippen molar-refractivity contribution in [2.75, 3.05) is 5.43 Å². The molecule has 0 spiro atoms. The minimum Gasteiger partial charge on any atom is -0.259 e. The Labute approximate surface area is 151 Å². The third kappa shape index (κ3) is 5.25. The molecule has 1 aliphatic rings. The Balaban J connectivity index is 1.59. The molecule has 2 aromatic rings. The van der Waals surface area contributed by atoms with E-state index >= 15 is 0 Å². The highest BCUT2D eigenvalue weighted by molar-refractivity contribution is 5.92. The number of hydrogen-bond donors (Lipinski definition) is 1. The summed E-state index contributed by atoms with van der Waals surface area (Å²) in [6.07, 6.45) is 14.9. The summed E-state index contributed by atoms with van der Waals surface area (Å²) in [5.41, 5.74) is 4.43. The molecule has 0 saturated heterocycles. The fourth-order valence-corrected chi connectivity index (χ4v) is 3.84. The average Bonchev–Trinajstić information content (AvgIpc) is 2.67. The smallest absolute Gasteiger partial charge is 0.176 e. The molecule has 0 unspecified atom stereocenters. The van der Waals surface area contributed by atoms with Crippen molar-refractivity contribution >= 4 is 22.3 Å². The van der Waals surface area contributed by atoms with Crippen LogP contribution in [0.3, 0.4) is 0 Å². The normalized spacial score (nSPS) is 16.3. The van der Waals surface area contributed by atoms with Crippen LogP contribution in [0.4, 0.5) is 5.82 Å². The first kappa shape index (κ1) is 17.8. The second kappa shape index (κ2) is 9.50. The number of nitrogens with zero attached hydrogens (tertiary/aromatic N) is 3. The topological polar surface area (TPSA) is 50.2 Å². The number of hydrazone groups is 1. The molecule has 4 heteroatoms. The van der Waals surface area contributed by atoms with Gasteiger partial charge in [-0.05, 0) is 25.2 Å². The Morgan fingerprint density at radius 1 is 1.16 bits per heavy atom. The molecule has 0 bridgehead atoms. The van der Waals surface area contributed by atoms with Crippen LogP contribution in [0.25, 0.3) is 10.8 Å². The lowest BCUT2D eigenvalue weighted by molar-refractivity contribution is 0.334. The van der Waals surface area contributed by atoms with Gasteiger partial charge >= 0.3 is 0 Å². The lowest BCUT2D eigenvalue weighted by Crippen LogP contribution is -2.08. The van der Waals surface area contributed by atoms with Crippen molar-refractivity contribution < 1.29 is 0 Å². The maximum Gasteiger partial charge on any atom is 0.176 e. The molecule has 0 radical (unpaired) electrons. The van der Waals surface area contributed by atoms with E-state index < -0.39 is 0 Å². The molecule has 1 saturated carbocycles. The molecule has 1 aromatic heterocycles. The Morgan fingerprint density at radius 3 is 2.84 bits per heavy atom. The first-order valence-corrected chi connectivity index (χ1v) is 9.88. The quantitative estimate of drug-likeness (QED) is 0.478. The summed E-state index contributed by atoms with van der Waals surface area (Å²) >= 11 is 0. The lowest BCUT2D eigenvalue weighted by atomic mass is 9.85. The third-order valence-corrected chi connectivity index (χ3v) is 5.23. The van der Waals surface area contributed by atoms with Gasteiger partial charge in [-0.25, -0.2) is 0 Å². The van der Waals surface area contributed by atoms with Gasteiger partial charge in [0.15, 0.2) is 5.82 Å². The molecular formula is C21H30N4. The maximum atomic E-state index is 4.68. The van der Waals surface area contributed by atoms with Gasteiger partial charge in [0.1, 0.15) is 0 Å². The molecule has 4 nitrogen and oxygen atoms in total. The van der Waals surface area contributed by atoms with Gasteiger partial charge in [0.25, 0.3) is 0 Å². The molecule has 25 heavy (non-hydrogen) atoms. The van der Waals surface area contributed by atoms with E-state index in [0.717, 1.165) is 41.8 Å². The standard InChI is InChI=1S/C21H30N4/c1-2-9-19(14-8-12-17-10-4-3-5-11-17)23-25-21-20-15-7-6-13-18(20)16-22-24-21/h6-7,13,15-17H,2-5,8-12,14H2,1H3,(H,24,25)/b23-19-. The largest absolute Gasteiger partial charge is 0.259 e. The van der Waals surface area contributed by atoms with Crippen LogP contribution in [0, 0.1) is 5.92 Å². The number of rotatable bonds is 8. The van der Waals surface area contributed by atoms with Gasteiger partial charge in [-0.1, -0.05) is 76.1 Å². The Bertz CT molecular complexity index is 684. The third-order valence-electron chi connectivity index (χ3n) is 5.23. The van der Waals surface area contributed by atoms with Crippen molar-refractivity contribution in [2.24, 2.45) is 11.0 Å². The Kier molecular flexibility index (Phi) is 6.78. The SMILES string of the molecule is CCC/C(CCCC1CCCCC1)=N/Nc1nncc2ccccc12. The van der Waals surface area contributed by atoms with E-state index in [1.807, 2.05) is 12.1 Å². The first-order chi connectivity index (χ1) is 12.4. The Hall–Kier alpha value is -1.97. The highest BCUT2D eigenvalue weighted by Crippen LogP contribution is 2.28. The van der Waals surface area contributed by atoms with Gasteiger partial charge in [-0.2, -0.15) is 10.2 Å². The summed E-state index contributed by atoms with van der Waals surface area (Å²) in [6, 6.07) is 8.15. The van der Waals surface area contributed by atoms with Gasteiger partial charge < -0.3 is 0 Å². The van der Waals surface area contributed by atoms with Gasteiger partial charge in [0, 0.05) is 16.5 Å². The second-order valence-electron chi connectivity index (χ2n) is 7.22. The molecule has 134 valence electrons. The van der Waals surface area contributed by atoms with E-state index in [-0.39, 0.29) is 0 Å². The number of benzene rings is 1. The molecule has 1 N–H and O–H groups in total. The second-order valence-corrected chi connectivity index (χ2v) is 7.22. The number of hydrogen-bond acceptors (Lipinski definition) is 4. The average molecular weight is 338 g/mol. The van der Waals surface area contributed by atoms with E-state index in [2.05, 4.69) is 39.8 Å². The van der Waals surface area contributed by atoms with Gasteiger partial charge in [0.05, 0.1) is 6.20 Å². The van der Waals surface area contributed by atoms with Crippen molar-refractivity contribution in [3.63, 3.8) is 0 Å². The van der Waals surface area contributed by atoms with Crippen LogP contribution in [-0.4, -0.2) is 15.9 Å². The monoisotopic (exact) mass is 338 g/mol. The van der Waals surface area contributed by atoms with E-state index in [1.54, 1.807) is 6.20 Å². The van der Waals surface area contributed by atoms with Crippen LogP contribution in [0.2, 0.25) is 0 Å². The van der Waals surface area contributed by atoms with Gasteiger partial charge in [-0.15, -0.1) is 5.10 Å². The molecule has 0 amide bonds. The van der Waals surface area contributed by atoms with E-state index in [1.165, 1.54) is 50.7 Å². The molecule has 1 heterocycles. The summed E-state index contributed by atoms with van der Waals surface area (Å²) in [5.74, 6) is 1.70. The fraction of sp³-hybridized carbons (Fsp3) is 0.571. The lowest BCUT2D eigenvalue weighted by Gasteiger charge is -2.21. The summed E-state index contributed by atoms with van der Waals surface area (Å²) in [6.45, 7) is 2.22. The molecule has 1 aliphatic carbocycles. The van der Waals surface area contributed by atoms with Crippen molar-refractivity contribution in [1.29, 1.82) is 0 Å². The van der Waals surface area contributed by atoms with E-state index in [4.69, 9.17) is 0 Å². The summed E-state index contributed by atoms with van der Waals surface area (Å²) in [5, 5.41) is 15.1. The van der Waals surface area contributed by atoms with Gasteiger partial charge in [0.2, 0.25) is 0 Å².